The smallest absolute Gasteiger partial charge is 0.101 e. The number of rotatable bonds is 3. The van der Waals surface area contributed by atoms with Crippen LogP contribution in [-0.2, 0) is 5.88 Å². The summed E-state index contributed by atoms with van der Waals surface area (Å²) in [5, 5.41) is 1.62. The molecule has 1 heterocycles. The molecule has 3 heteroatoms. The predicted molar refractivity (Wildman–Crippen MR) is 54.8 cm³/mol. The van der Waals surface area contributed by atoms with Crippen LogP contribution in [0.5, 0.6) is 0 Å². The van der Waals surface area contributed by atoms with Gasteiger partial charge in [-0.3, -0.25) is 0 Å². The number of alkyl halides is 1. The number of nitrogens with zero attached hydrogens (tertiary/aromatic N) is 1. The highest BCUT2D eigenvalue weighted by atomic mass is 35.5. The zero-order valence-corrected chi connectivity index (χ0v) is 8.82. The van der Waals surface area contributed by atoms with Crippen molar-refractivity contribution in [2.24, 2.45) is 0 Å². The zero-order chi connectivity index (χ0) is 8.97. The fourth-order valence-corrected chi connectivity index (χ4v) is 2.01. The summed E-state index contributed by atoms with van der Waals surface area (Å²) in [6.45, 7) is 4.30. The van der Waals surface area contributed by atoms with Gasteiger partial charge in [0.15, 0.2) is 0 Å². The van der Waals surface area contributed by atoms with Gasteiger partial charge in [-0.05, 0) is 11.6 Å². The Morgan fingerprint density at radius 3 is 2.92 bits per heavy atom. The molecule has 0 fully saturated rings. The van der Waals surface area contributed by atoms with E-state index in [1.165, 1.54) is 0 Å². The maximum Gasteiger partial charge on any atom is 0.101 e. The molecule has 0 saturated heterocycles. The number of hydrogen-bond acceptors (Lipinski definition) is 2. The molecule has 0 aromatic carbocycles. The van der Waals surface area contributed by atoms with E-state index in [0.717, 1.165) is 10.6 Å². The lowest BCUT2D eigenvalue weighted by molar-refractivity contribution is 1.04. The van der Waals surface area contributed by atoms with Crippen LogP contribution in [0.1, 0.15) is 19.4 Å². The van der Waals surface area contributed by atoms with Crippen LogP contribution in [0.2, 0.25) is 0 Å². The average Bonchev–Trinajstić information content (AvgIpc) is 2.04. The molecule has 0 radical (unpaired) electrons. The van der Waals surface area contributed by atoms with Crippen LogP contribution in [0.15, 0.2) is 23.4 Å². The molecular formula is C9H12ClNS. The Kier molecular flexibility index (Phi) is 3.89. The van der Waals surface area contributed by atoms with Gasteiger partial charge in [0, 0.05) is 11.4 Å². The van der Waals surface area contributed by atoms with E-state index < -0.39 is 0 Å². The van der Waals surface area contributed by atoms with Crippen molar-refractivity contribution in [2.75, 3.05) is 0 Å². The van der Waals surface area contributed by atoms with Crippen LogP contribution in [0.4, 0.5) is 0 Å². The lowest BCUT2D eigenvalue weighted by Crippen LogP contribution is -1.92. The molecule has 1 aromatic rings. The van der Waals surface area contributed by atoms with Crippen LogP contribution in [0.3, 0.4) is 0 Å². The van der Waals surface area contributed by atoms with Gasteiger partial charge >= 0.3 is 0 Å². The average molecular weight is 202 g/mol. The van der Waals surface area contributed by atoms with Gasteiger partial charge in [-0.1, -0.05) is 19.9 Å². The van der Waals surface area contributed by atoms with E-state index >= 15 is 0 Å². The van der Waals surface area contributed by atoms with Gasteiger partial charge in [0.05, 0.1) is 5.88 Å². The molecule has 0 N–H and O–H groups in total. The first-order chi connectivity index (χ1) is 5.74. The second-order valence-corrected chi connectivity index (χ2v) is 4.60. The third-order valence-electron chi connectivity index (χ3n) is 1.34. The molecular weight excluding hydrogens is 190 g/mol. The quantitative estimate of drug-likeness (QED) is 0.550. The van der Waals surface area contributed by atoms with Crippen LogP contribution >= 0.6 is 23.4 Å². The summed E-state index contributed by atoms with van der Waals surface area (Å²) >= 11 is 7.52. The maximum atomic E-state index is 5.76. The van der Waals surface area contributed by atoms with Crippen LogP contribution in [-0.4, -0.2) is 10.2 Å². The fraction of sp³-hybridized carbons (Fsp3) is 0.444. The minimum atomic E-state index is 0.545. The minimum absolute atomic E-state index is 0.545. The second kappa shape index (κ2) is 4.73. The van der Waals surface area contributed by atoms with E-state index in [1.807, 2.05) is 12.1 Å². The van der Waals surface area contributed by atoms with E-state index in [-0.39, 0.29) is 0 Å². The highest BCUT2D eigenvalue weighted by molar-refractivity contribution is 7.99. The number of halogens is 1. The lowest BCUT2D eigenvalue weighted by atomic mass is 10.3. The first-order valence-electron chi connectivity index (χ1n) is 3.90. The number of pyridine rings is 1. The highest BCUT2D eigenvalue weighted by Crippen LogP contribution is 2.24. The molecule has 0 aliphatic heterocycles. The monoisotopic (exact) mass is 201 g/mol. The molecule has 1 rings (SSSR count). The Hall–Kier alpha value is -0.210. The summed E-state index contributed by atoms with van der Waals surface area (Å²) in [4.78, 5) is 4.27. The molecule has 0 unspecified atom stereocenters. The zero-order valence-electron chi connectivity index (χ0n) is 7.25. The van der Waals surface area contributed by atoms with Crippen molar-refractivity contribution >= 4 is 23.4 Å². The Balaban J connectivity index is 2.82. The van der Waals surface area contributed by atoms with Crippen LogP contribution in [0, 0.1) is 0 Å². The Morgan fingerprint density at radius 1 is 1.58 bits per heavy atom. The van der Waals surface area contributed by atoms with Gasteiger partial charge in [-0.25, -0.2) is 4.98 Å². The molecule has 0 amide bonds. The van der Waals surface area contributed by atoms with Crippen molar-refractivity contribution in [1.82, 2.24) is 4.98 Å². The van der Waals surface area contributed by atoms with Crippen molar-refractivity contribution in [1.29, 1.82) is 0 Å². The predicted octanol–water partition coefficient (Wildman–Crippen LogP) is 3.32. The van der Waals surface area contributed by atoms with E-state index in [1.54, 1.807) is 18.0 Å². The summed E-state index contributed by atoms with van der Waals surface area (Å²) in [7, 11) is 0. The molecule has 0 bridgehead atoms. The Morgan fingerprint density at radius 2 is 2.33 bits per heavy atom. The molecule has 0 atom stereocenters. The number of hydrogen-bond donors (Lipinski definition) is 0. The molecule has 1 nitrogen and oxygen atoms in total. The van der Waals surface area contributed by atoms with Gasteiger partial charge in [-0.15, -0.1) is 23.4 Å². The van der Waals surface area contributed by atoms with Crippen LogP contribution in [0.25, 0.3) is 0 Å². The molecule has 66 valence electrons. The molecule has 1 aromatic heterocycles. The molecule has 0 aliphatic rings. The van der Waals surface area contributed by atoms with Crippen LogP contribution < -0.4 is 0 Å². The normalized spacial score (nSPS) is 10.7. The Labute approximate surface area is 82.5 Å². The van der Waals surface area contributed by atoms with Gasteiger partial charge in [0.25, 0.3) is 0 Å². The Bertz CT molecular complexity index is 250. The summed E-state index contributed by atoms with van der Waals surface area (Å²) in [5.74, 6) is 0.545. The third-order valence-corrected chi connectivity index (χ3v) is 2.69. The minimum Gasteiger partial charge on any atom is -0.250 e. The van der Waals surface area contributed by atoms with Crippen molar-refractivity contribution in [3.05, 3.63) is 23.9 Å². The summed E-state index contributed by atoms with van der Waals surface area (Å²) < 4.78 is 0. The SMILES string of the molecule is CC(C)Sc1ncccc1CCl. The van der Waals surface area contributed by atoms with E-state index in [9.17, 15) is 0 Å². The largest absolute Gasteiger partial charge is 0.250 e. The third kappa shape index (κ3) is 2.68. The number of aromatic nitrogens is 1. The van der Waals surface area contributed by atoms with Crippen molar-refractivity contribution in [2.45, 2.75) is 30.0 Å². The summed E-state index contributed by atoms with van der Waals surface area (Å²) in [6, 6.07) is 3.94. The topological polar surface area (TPSA) is 12.9 Å². The summed E-state index contributed by atoms with van der Waals surface area (Å²) in [5.41, 5.74) is 1.12. The lowest BCUT2D eigenvalue weighted by Gasteiger charge is -2.06. The number of thioether (sulfide) groups is 1. The second-order valence-electron chi connectivity index (χ2n) is 2.77. The van der Waals surface area contributed by atoms with Crippen molar-refractivity contribution in [3.63, 3.8) is 0 Å². The van der Waals surface area contributed by atoms with Gasteiger partial charge < -0.3 is 0 Å². The first-order valence-corrected chi connectivity index (χ1v) is 5.32. The molecule has 0 spiro atoms. The van der Waals surface area contributed by atoms with E-state index in [0.29, 0.717) is 11.1 Å². The first kappa shape index (κ1) is 9.87. The molecule has 0 aliphatic carbocycles. The van der Waals surface area contributed by atoms with Gasteiger partial charge in [-0.2, -0.15) is 0 Å². The van der Waals surface area contributed by atoms with Gasteiger partial charge in [0.2, 0.25) is 0 Å². The summed E-state index contributed by atoms with van der Waals surface area (Å²) in [6.07, 6.45) is 1.81. The molecule has 12 heavy (non-hydrogen) atoms. The standard InChI is InChI=1S/C9H12ClNS/c1-7(2)12-9-8(6-10)4-3-5-11-9/h3-5,7H,6H2,1-2H3. The van der Waals surface area contributed by atoms with Gasteiger partial charge in [0.1, 0.15) is 5.03 Å². The van der Waals surface area contributed by atoms with Crippen molar-refractivity contribution in [3.8, 4) is 0 Å². The molecule has 0 saturated carbocycles. The van der Waals surface area contributed by atoms with E-state index in [2.05, 4.69) is 18.8 Å². The van der Waals surface area contributed by atoms with Crippen molar-refractivity contribution < 1.29 is 0 Å². The maximum absolute atomic E-state index is 5.76. The highest BCUT2D eigenvalue weighted by Gasteiger charge is 2.04. The fourth-order valence-electron chi connectivity index (χ4n) is 0.855. The van der Waals surface area contributed by atoms with E-state index in [4.69, 9.17) is 11.6 Å².